The molecule has 2 rings (SSSR count). The molecule has 0 aliphatic heterocycles. The number of carbonyl (C=O) groups is 1. The molecule has 0 aromatic heterocycles. The molecule has 0 fully saturated rings. The second-order valence-electron chi connectivity index (χ2n) is 9.75. The van der Waals surface area contributed by atoms with Gasteiger partial charge in [0.05, 0.1) is 5.92 Å². The predicted molar refractivity (Wildman–Crippen MR) is 113 cm³/mol. The van der Waals surface area contributed by atoms with Gasteiger partial charge in [0.1, 0.15) is 6.10 Å². The van der Waals surface area contributed by atoms with Crippen molar-refractivity contribution in [2.45, 2.75) is 61.0 Å². The van der Waals surface area contributed by atoms with Gasteiger partial charge >= 0.3 is 5.97 Å². The number of benzene rings is 2. The van der Waals surface area contributed by atoms with Gasteiger partial charge in [-0.05, 0) is 40.9 Å². The molecular weight excluding hydrogens is 332 g/mol. The zero-order valence-corrected chi connectivity index (χ0v) is 17.9. The Morgan fingerprint density at radius 3 is 1.85 bits per heavy atom. The van der Waals surface area contributed by atoms with Gasteiger partial charge < -0.3 is 4.74 Å². The van der Waals surface area contributed by atoms with E-state index in [0.717, 1.165) is 17.5 Å². The summed E-state index contributed by atoms with van der Waals surface area (Å²) < 4.78 is 5.88. The quantitative estimate of drug-likeness (QED) is 0.530. The summed E-state index contributed by atoms with van der Waals surface area (Å²) in [6, 6.07) is 18.6. The van der Waals surface area contributed by atoms with Crippen LogP contribution in [0.25, 0.3) is 11.1 Å². The van der Waals surface area contributed by atoms with Crippen molar-refractivity contribution in [1.82, 2.24) is 0 Å². The first-order chi connectivity index (χ1) is 12.5. The normalized spacial score (nSPS) is 14.5. The molecule has 0 saturated heterocycles. The second-order valence-corrected chi connectivity index (χ2v) is 9.75. The number of esters is 1. The molecule has 0 spiro atoms. The van der Waals surface area contributed by atoms with Gasteiger partial charge in [-0.3, -0.25) is 4.79 Å². The average molecular weight is 367 g/mol. The monoisotopic (exact) mass is 366 g/mol. The van der Waals surface area contributed by atoms with E-state index in [1.54, 1.807) is 0 Å². The molecule has 0 bridgehead atoms. The Bertz CT molecular complexity index is 731. The highest BCUT2D eigenvalue weighted by Gasteiger charge is 2.36. The van der Waals surface area contributed by atoms with Crippen LogP contribution in [0, 0.1) is 16.7 Å². The van der Waals surface area contributed by atoms with Gasteiger partial charge in [0.25, 0.3) is 0 Å². The van der Waals surface area contributed by atoms with Crippen LogP contribution in [-0.4, -0.2) is 5.97 Å². The molecule has 2 atom stereocenters. The summed E-state index contributed by atoms with van der Waals surface area (Å²) >= 11 is 0. The van der Waals surface area contributed by atoms with E-state index in [1.165, 1.54) is 5.56 Å². The Labute approximate surface area is 165 Å². The van der Waals surface area contributed by atoms with Crippen LogP contribution >= 0.6 is 0 Å². The van der Waals surface area contributed by atoms with Gasteiger partial charge in [-0.25, -0.2) is 0 Å². The molecule has 27 heavy (non-hydrogen) atoms. The lowest BCUT2D eigenvalue weighted by Gasteiger charge is -2.34. The van der Waals surface area contributed by atoms with Gasteiger partial charge in [0.15, 0.2) is 0 Å². The summed E-state index contributed by atoms with van der Waals surface area (Å²) in [6.45, 7) is 14.8. The second kappa shape index (κ2) is 8.29. The van der Waals surface area contributed by atoms with Gasteiger partial charge in [0.2, 0.25) is 0 Å². The summed E-state index contributed by atoms with van der Waals surface area (Å²) in [5.74, 6) is -0.222. The number of hydrogen-bond donors (Lipinski definition) is 0. The smallest absolute Gasteiger partial charge is 0.310 e. The van der Waals surface area contributed by atoms with E-state index in [0.29, 0.717) is 0 Å². The maximum Gasteiger partial charge on any atom is 0.310 e. The van der Waals surface area contributed by atoms with Crippen LogP contribution in [-0.2, 0) is 9.53 Å². The predicted octanol–water partition coefficient (Wildman–Crippen LogP) is 7.06. The number of rotatable bonds is 5. The molecule has 0 aliphatic rings. The molecule has 0 saturated carbocycles. The van der Waals surface area contributed by atoms with Crippen molar-refractivity contribution < 1.29 is 9.53 Å². The maximum absolute atomic E-state index is 12.9. The highest BCUT2D eigenvalue weighted by Crippen LogP contribution is 2.38. The molecule has 2 aromatic carbocycles. The molecule has 0 amide bonds. The lowest BCUT2D eigenvalue weighted by molar-refractivity contribution is -0.159. The summed E-state index contributed by atoms with van der Waals surface area (Å²) in [6.07, 6.45) is 0.557. The lowest BCUT2D eigenvalue weighted by atomic mass is 9.72. The topological polar surface area (TPSA) is 26.3 Å². The summed E-state index contributed by atoms with van der Waals surface area (Å²) in [5, 5.41) is 0. The van der Waals surface area contributed by atoms with Crippen LogP contribution in [0.1, 0.15) is 66.6 Å². The standard InChI is InChI=1S/C25H34O2/c1-18(27-23(26)22(25(5,6)7)17-24(2,3)4)19-13-15-21(16-14-19)20-11-9-8-10-12-20/h8-16,18,22H,17H2,1-7H3. The van der Waals surface area contributed by atoms with E-state index >= 15 is 0 Å². The van der Waals surface area contributed by atoms with Crippen LogP contribution < -0.4 is 0 Å². The highest BCUT2D eigenvalue weighted by molar-refractivity contribution is 5.73. The largest absolute Gasteiger partial charge is 0.458 e. The molecule has 2 unspecified atom stereocenters. The van der Waals surface area contributed by atoms with Gasteiger partial charge in [-0.15, -0.1) is 0 Å². The van der Waals surface area contributed by atoms with E-state index in [9.17, 15) is 4.79 Å². The molecule has 2 aromatic rings. The molecule has 2 nitrogen and oxygen atoms in total. The minimum atomic E-state index is -0.257. The number of carbonyl (C=O) groups excluding carboxylic acids is 1. The van der Waals surface area contributed by atoms with Gasteiger partial charge in [-0.2, -0.15) is 0 Å². The third kappa shape index (κ3) is 6.23. The Morgan fingerprint density at radius 2 is 1.37 bits per heavy atom. The molecule has 2 heteroatoms. The Balaban J connectivity index is 2.10. The molecule has 0 heterocycles. The summed E-state index contributed by atoms with van der Waals surface area (Å²) in [7, 11) is 0. The molecule has 0 aliphatic carbocycles. The van der Waals surface area contributed by atoms with E-state index in [-0.39, 0.29) is 28.8 Å². The fourth-order valence-electron chi connectivity index (χ4n) is 3.26. The SMILES string of the molecule is CC(OC(=O)C(CC(C)(C)C)C(C)(C)C)c1ccc(-c2ccccc2)cc1. The highest BCUT2D eigenvalue weighted by atomic mass is 16.5. The summed E-state index contributed by atoms with van der Waals surface area (Å²) in [4.78, 5) is 12.9. The zero-order valence-electron chi connectivity index (χ0n) is 17.9. The van der Waals surface area contributed by atoms with Crippen LogP contribution in [0.4, 0.5) is 0 Å². The average Bonchev–Trinajstić information content (AvgIpc) is 2.59. The Morgan fingerprint density at radius 1 is 0.852 bits per heavy atom. The van der Waals surface area contributed by atoms with Crippen molar-refractivity contribution in [3.63, 3.8) is 0 Å². The minimum Gasteiger partial charge on any atom is -0.458 e. The van der Waals surface area contributed by atoms with Crippen molar-refractivity contribution in [1.29, 1.82) is 0 Å². The van der Waals surface area contributed by atoms with Crippen LogP contribution in [0.15, 0.2) is 54.6 Å². The first-order valence-corrected chi connectivity index (χ1v) is 9.83. The Kier molecular flexibility index (Phi) is 6.51. The van der Waals surface area contributed by atoms with Gasteiger partial charge in [-0.1, -0.05) is 96.1 Å². The first-order valence-electron chi connectivity index (χ1n) is 9.83. The van der Waals surface area contributed by atoms with Crippen molar-refractivity contribution in [2.24, 2.45) is 16.7 Å². The van der Waals surface area contributed by atoms with E-state index < -0.39 is 0 Å². The zero-order chi connectivity index (χ0) is 20.2. The first kappa shape index (κ1) is 21.2. The summed E-state index contributed by atoms with van der Waals surface area (Å²) in [5.41, 5.74) is 3.33. The third-order valence-electron chi connectivity index (χ3n) is 4.93. The van der Waals surface area contributed by atoms with Crippen LogP contribution in [0.5, 0.6) is 0 Å². The molecular formula is C25H34O2. The Hall–Kier alpha value is -2.09. The van der Waals surface area contributed by atoms with E-state index in [4.69, 9.17) is 4.74 Å². The number of hydrogen-bond acceptors (Lipinski definition) is 2. The third-order valence-corrected chi connectivity index (χ3v) is 4.93. The molecule has 0 N–H and O–H groups in total. The minimum absolute atomic E-state index is 0.0809. The lowest BCUT2D eigenvalue weighted by Crippen LogP contribution is -2.34. The van der Waals surface area contributed by atoms with Crippen LogP contribution in [0.3, 0.4) is 0 Å². The van der Waals surface area contributed by atoms with E-state index in [1.807, 2.05) is 25.1 Å². The van der Waals surface area contributed by atoms with Crippen LogP contribution in [0.2, 0.25) is 0 Å². The number of ether oxygens (including phenoxy) is 1. The van der Waals surface area contributed by atoms with E-state index in [2.05, 4.69) is 77.9 Å². The fraction of sp³-hybridized carbons (Fsp3) is 0.480. The van der Waals surface area contributed by atoms with Crippen molar-refractivity contribution in [3.05, 3.63) is 60.2 Å². The fourth-order valence-corrected chi connectivity index (χ4v) is 3.26. The van der Waals surface area contributed by atoms with Gasteiger partial charge in [0, 0.05) is 0 Å². The van der Waals surface area contributed by atoms with Crippen molar-refractivity contribution in [3.8, 4) is 11.1 Å². The van der Waals surface area contributed by atoms with Crippen molar-refractivity contribution >= 4 is 5.97 Å². The maximum atomic E-state index is 12.9. The molecule has 0 radical (unpaired) electrons. The van der Waals surface area contributed by atoms with Crippen molar-refractivity contribution in [2.75, 3.05) is 0 Å². The molecule has 146 valence electrons.